The summed E-state index contributed by atoms with van der Waals surface area (Å²) in [6.45, 7) is 2.37. The highest BCUT2D eigenvalue weighted by Gasteiger charge is 2.26. The molecule has 0 heterocycles. The maximum atomic E-state index is 10.8. The van der Waals surface area contributed by atoms with Crippen LogP contribution in [-0.2, 0) is 6.42 Å². The fourth-order valence-corrected chi connectivity index (χ4v) is 4.61. The Hall–Kier alpha value is -0.860. The second-order valence-corrected chi connectivity index (χ2v) is 7.85. The lowest BCUT2D eigenvalue weighted by molar-refractivity contribution is 0.0908. The zero-order valence-electron chi connectivity index (χ0n) is 14.7. The van der Waals surface area contributed by atoms with Gasteiger partial charge in [-0.25, -0.2) is 0 Å². The topological polar surface area (TPSA) is 23.5 Å². The summed E-state index contributed by atoms with van der Waals surface area (Å²) in [5.41, 5.74) is 2.54. The molecule has 1 aromatic carbocycles. The van der Waals surface area contributed by atoms with Gasteiger partial charge >= 0.3 is 0 Å². The van der Waals surface area contributed by atoms with E-state index in [1.807, 2.05) is 0 Å². The van der Waals surface area contributed by atoms with Crippen LogP contribution in [0.4, 0.5) is 0 Å². The molecule has 2 atom stereocenters. The molecule has 128 valence electrons. The fraction of sp³-hybridized carbons (Fsp3) is 0.714. The lowest BCUT2D eigenvalue weighted by Gasteiger charge is -2.29. The molecular weight excluding hydrogens is 282 g/mol. The summed E-state index contributed by atoms with van der Waals surface area (Å²) in [5.74, 6) is 1.33. The molecule has 2 aliphatic rings. The third kappa shape index (κ3) is 4.58. The molecule has 2 nitrogen and oxygen atoms in total. The summed E-state index contributed by atoms with van der Waals surface area (Å²) < 4.78 is 0. The predicted octanol–water partition coefficient (Wildman–Crippen LogP) is 4.57. The minimum Gasteiger partial charge on any atom is -0.388 e. The standard InChI is InChI=1S/C21H33NO/c1-22(16-17-8-3-2-4-9-17)15-14-19-12-7-11-18-10-5-6-13-20(18)21(19)23/h5-6,10,13,17,19,21,23H,2-4,7-9,11-12,14-16H2,1H3. The molecule has 2 heteroatoms. The van der Waals surface area contributed by atoms with Crippen LogP contribution in [0.15, 0.2) is 24.3 Å². The van der Waals surface area contributed by atoms with Gasteiger partial charge in [0.1, 0.15) is 0 Å². The normalized spacial score (nSPS) is 26.0. The van der Waals surface area contributed by atoms with Crippen LogP contribution >= 0.6 is 0 Å². The number of fused-ring (bicyclic) bond motifs is 1. The SMILES string of the molecule is CN(CCC1CCCc2ccccc2C1O)CC1CCCCC1. The Morgan fingerprint density at radius 2 is 1.83 bits per heavy atom. The van der Waals surface area contributed by atoms with Crippen LogP contribution in [0.5, 0.6) is 0 Å². The van der Waals surface area contributed by atoms with Crippen molar-refractivity contribution in [2.24, 2.45) is 11.8 Å². The van der Waals surface area contributed by atoms with Gasteiger partial charge in [-0.15, -0.1) is 0 Å². The number of nitrogens with zero attached hydrogens (tertiary/aromatic N) is 1. The zero-order valence-corrected chi connectivity index (χ0v) is 14.7. The van der Waals surface area contributed by atoms with Crippen molar-refractivity contribution in [2.45, 2.75) is 63.9 Å². The van der Waals surface area contributed by atoms with Gasteiger partial charge < -0.3 is 10.0 Å². The highest BCUT2D eigenvalue weighted by atomic mass is 16.3. The first kappa shape index (κ1) is 17.0. The van der Waals surface area contributed by atoms with Crippen LogP contribution < -0.4 is 0 Å². The number of benzene rings is 1. The highest BCUT2D eigenvalue weighted by molar-refractivity contribution is 5.30. The minimum absolute atomic E-state index is 0.267. The summed E-state index contributed by atoms with van der Waals surface area (Å²) in [6.07, 6.45) is 11.5. The zero-order chi connectivity index (χ0) is 16.1. The summed E-state index contributed by atoms with van der Waals surface area (Å²) in [6, 6.07) is 8.49. The van der Waals surface area contributed by atoms with Crippen molar-refractivity contribution in [3.8, 4) is 0 Å². The number of aryl methyl sites for hydroxylation is 1. The van der Waals surface area contributed by atoms with E-state index in [0.29, 0.717) is 5.92 Å². The van der Waals surface area contributed by atoms with Gasteiger partial charge in [0.2, 0.25) is 0 Å². The second kappa shape index (κ2) is 8.30. The van der Waals surface area contributed by atoms with E-state index in [2.05, 4.69) is 36.2 Å². The van der Waals surface area contributed by atoms with E-state index in [1.165, 1.54) is 56.2 Å². The van der Waals surface area contributed by atoms with Crippen molar-refractivity contribution in [3.63, 3.8) is 0 Å². The Morgan fingerprint density at radius 1 is 1.04 bits per heavy atom. The highest BCUT2D eigenvalue weighted by Crippen LogP contribution is 2.35. The minimum atomic E-state index is -0.267. The van der Waals surface area contributed by atoms with Gasteiger partial charge in [-0.2, -0.15) is 0 Å². The molecule has 3 rings (SSSR count). The molecule has 0 saturated heterocycles. The Morgan fingerprint density at radius 3 is 2.65 bits per heavy atom. The van der Waals surface area contributed by atoms with E-state index in [4.69, 9.17) is 0 Å². The first-order valence-electron chi connectivity index (χ1n) is 9.68. The summed E-state index contributed by atoms with van der Waals surface area (Å²) >= 11 is 0. The third-order valence-electron chi connectivity index (χ3n) is 6.02. The van der Waals surface area contributed by atoms with E-state index in [9.17, 15) is 5.11 Å². The van der Waals surface area contributed by atoms with Crippen molar-refractivity contribution in [1.29, 1.82) is 0 Å². The summed E-state index contributed by atoms with van der Waals surface area (Å²) in [4.78, 5) is 2.51. The van der Waals surface area contributed by atoms with Crippen molar-refractivity contribution in [1.82, 2.24) is 4.90 Å². The molecule has 0 spiro atoms. The van der Waals surface area contributed by atoms with Crippen LogP contribution in [0.3, 0.4) is 0 Å². The third-order valence-corrected chi connectivity index (χ3v) is 6.02. The predicted molar refractivity (Wildman–Crippen MR) is 96.5 cm³/mol. The van der Waals surface area contributed by atoms with Crippen LogP contribution in [0.1, 0.15) is 68.6 Å². The molecule has 1 fully saturated rings. The quantitative estimate of drug-likeness (QED) is 0.804. The van der Waals surface area contributed by atoms with E-state index in [1.54, 1.807) is 0 Å². The number of rotatable bonds is 5. The molecule has 1 N–H and O–H groups in total. The van der Waals surface area contributed by atoms with Gasteiger partial charge in [0.25, 0.3) is 0 Å². The lowest BCUT2D eigenvalue weighted by atomic mass is 9.88. The Kier molecular flexibility index (Phi) is 6.13. The maximum absolute atomic E-state index is 10.8. The van der Waals surface area contributed by atoms with Crippen LogP contribution in [0.25, 0.3) is 0 Å². The summed E-state index contributed by atoms with van der Waals surface area (Å²) in [7, 11) is 2.27. The molecular formula is C21H33NO. The monoisotopic (exact) mass is 315 g/mol. The second-order valence-electron chi connectivity index (χ2n) is 7.85. The molecule has 0 aliphatic heterocycles. The molecule has 2 unspecified atom stereocenters. The first-order valence-corrected chi connectivity index (χ1v) is 9.68. The molecule has 23 heavy (non-hydrogen) atoms. The fourth-order valence-electron chi connectivity index (χ4n) is 4.61. The van der Waals surface area contributed by atoms with Gasteiger partial charge in [-0.1, -0.05) is 43.5 Å². The van der Waals surface area contributed by atoms with Gasteiger partial charge in [-0.05, 0) is 75.1 Å². The largest absolute Gasteiger partial charge is 0.388 e. The number of hydrogen-bond acceptors (Lipinski definition) is 2. The van der Waals surface area contributed by atoms with E-state index in [0.717, 1.165) is 31.7 Å². The molecule has 0 bridgehead atoms. The van der Waals surface area contributed by atoms with E-state index >= 15 is 0 Å². The van der Waals surface area contributed by atoms with E-state index in [-0.39, 0.29) is 6.10 Å². The molecule has 1 aromatic rings. The van der Waals surface area contributed by atoms with Crippen LogP contribution in [-0.4, -0.2) is 30.1 Å². The van der Waals surface area contributed by atoms with Gasteiger partial charge in [0.05, 0.1) is 6.10 Å². The lowest BCUT2D eigenvalue weighted by Crippen LogP contribution is -2.29. The number of aliphatic hydroxyl groups is 1. The maximum Gasteiger partial charge on any atom is 0.0821 e. The number of hydrogen-bond donors (Lipinski definition) is 1. The first-order chi connectivity index (χ1) is 11.2. The molecule has 0 amide bonds. The Bertz CT molecular complexity index is 480. The van der Waals surface area contributed by atoms with Crippen LogP contribution in [0.2, 0.25) is 0 Å². The smallest absolute Gasteiger partial charge is 0.0821 e. The summed E-state index contributed by atoms with van der Waals surface area (Å²) in [5, 5.41) is 10.8. The molecule has 0 aromatic heterocycles. The number of aliphatic hydroxyl groups excluding tert-OH is 1. The Labute approximate surface area is 141 Å². The Balaban J connectivity index is 1.51. The van der Waals surface area contributed by atoms with Gasteiger partial charge in [0, 0.05) is 6.54 Å². The molecule has 2 aliphatic carbocycles. The average Bonchev–Trinajstić information content (AvgIpc) is 2.73. The van der Waals surface area contributed by atoms with Crippen molar-refractivity contribution < 1.29 is 5.11 Å². The van der Waals surface area contributed by atoms with Crippen molar-refractivity contribution >= 4 is 0 Å². The van der Waals surface area contributed by atoms with Crippen molar-refractivity contribution in [2.75, 3.05) is 20.1 Å². The van der Waals surface area contributed by atoms with Gasteiger partial charge in [0.15, 0.2) is 0 Å². The molecule has 0 radical (unpaired) electrons. The van der Waals surface area contributed by atoms with Gasteiger partial charge in [-0.3, -0.25) is 0 Å². The average molecular weight is 316 g/mol. The van der Waals surface area contributed by atoms with E-state index < -0.39 is 0 Å². The molecule has 1 saturated carbocycles. The van der Waals surface area contributed by atoms with Crippen molar-refractivity contribution in [3.05, 3.63) is 35.4 Å². The van der Waals surface area contributed by atoms with Crippen LogP contribution in [0, 0.1) is 11.8 Å².